The fourth-order valence-corrected chi connectivity index (χ4v) is 5.14. The number of alkyl halides is 3. The van der Waals surface area contributed by atoms with Gasteiger partial charge >= 0.3 is 6.18 Å². The average Bonchev–Trinajstić information content (AvgIpc) is 3.58. The summed E-state index contributed by atoms with van der Waals surface area (Å²) in [6.45, 7) is 2.70. The summed E-state index contributed by atoms with van der Waals surface area (Å²) in [5, 5.41) is 33.0. The standard InChI is InChI=1S/C31H28F3N9O/c1-3-8-37-16-20-11-24-25(26(12-20)31(32,33)34)17-43(30(24)44)28-14-21(13-27(40-28)38-9-4-7-35)23-10-19(15-36)5-6-22(23)29-41-39-18-42(29)2/h5-6,10-14,18,37H,3-4,8-9,16-17H2,1-2H3,(H,38,40). The fraction of sp³-hybridized carbons (Fsp3) is 0.290. The maximum Gasteiger partial charge on any atom is 0.416 e. The minimum Gasteiger partial charge on any atom is -0.369 e. The molecule has 0 bridgehead atoms. The van der Waals surface area contributed by atoms with E-state index in [1.54, 1.807) is 41.9 Å². The molecule has 1 amide bonds. The van der Waals surface area contributed by atoms with E-state index in [1.165, 1.54) is 17.3 Å². The number of pyridine rings is 1. The Morgan fingerprint density at radius 2 is 1.86 bits per heavy atom. The number of carbonyl (C=O) groups excluding carboxylic acids is 1. The fourth-order valence-electron chi connectivity index (χ4n) is 5.14. The highest BCUT2D eigenvalue weighted by molar-refractivity contribution is 6.10. The van der Waals surface area contributed by atoms with E-state index in [4.69, 9.17) is 5.26 Å². The lowest BCUT2D eigenvalue weighted by Gasteiger charge is -2.19. The van der Waals surface area contributed by atoms with Crippen LogP contribution in [0.3, 0.4) is 0 Å². The van der Waals surface area contributed by atoms with Gasteiger partial charge in [-0.1, -0.05) is 6.92 Å². The van der Waals surface area contributed by atoms with E-state index in [9.17, 15) is 23.2 Å². The van der Waals surface area contributed by atoms with Crippen molar-refractivity contribution < 1.29 is 18.0 Å². The summed E-state index contributed by atoms with van der Waals surface area (Å²) in [5.41, 5.74) is 1.50. The van der Waals surface area contributed by atoms with Crippen LogP contribution in [0.25, 0.3) is 22.5 Å². The topological polar surface area (TPSA) is 136 Å². The van der Waals surface area contributed by atoms with E-state index in [0.29, 0.717) is 46.0 Å². The van der Waals surface area contributed by atoms with Gasteiger partial charge in [-0.3, -0.25) is 9.69 Å². The van der Waals surface area contributed by atoms with Crippen molar-refractivity contribution in [2.45, 2.75) is 39.0 Å². The van der Waals surface area contributed by atoms with Crippen molar-refractivity contribution in [3.63, 3.8) is 0 Å². The van der Waals surface area contributed by atoms with Gasteiger partial charge in [-0.25, -0.2) is 4.98 Å². The first kappa shape index (κ1) is 30.2. The first-order chi connectivity index (χ1) is 21.1. The molecule has 3 heterocycles. The third-order valence-corrected chi connectivity index (χ3v) is 7.21. The largest absolute Gasteiger partial charge is 0.416 e. The van der Waals surface area contributed by atoms with E-state index < -0.39 is 17.6 Å². The lowest BCUT2D eigenvalue weighted by molar-refractivity contribution is -0.138. The SMILES string of the molecule is CCCNCc1cc2c(c(C(F)(F)F)c1)CN(c1cc(-c3cc(C#N)ccc3-c3nncn3C)cc(NCCC#N)n1)C2=O. The van der Waals surface area contributed by atoms with Crippen LogP contribution in [0.1, 0.15) is 52.4 Å². The number of fused-ring (bicyclic) bond motifs is 1. The number of amides is 1. The second kappa shape index (κ2) is 12.5. The van der Waals surface area contributed by atoms with Gasteiger partial charge in [0, 0.05) is 31.3 Å². The molecule has 224 valence electrons. The van der Waals surface area contributed by atoms with E-state index in [0.717, 1.165) is 12.5 Å². The molecular formula is C31H28F3N9O. The van der Waals surface area contributed by atoms with Crippen LogP contribution in [0, 0.1) is 22.7 Å². The molecule has 1 aliphatic heterocycles. The zero-order valence-corrected chi connectivity index (χ0v) is 24.0. The van der Waals surface area contributed by atoms with Crippen LogP contribution in [-0.4, -0.2) is 38.7 Å². The third-order valence-electron chi connectivity index (χ3n) is 7.21. The highest BCUT2D eigenvalue weighted by atomic mass is 19.4. The Morgan fingerprint density at radius 3 is 2.55 bits per heavy atom. The number of nitrogens with zero attached hydrogens (tertiary/aromatic N) is 7. The molecule has 0 saturated heterocycles. The number of benzene rings is 2. The molecule has 10 nitrogen and oxygen atoms in total. The van der Waals surface area contributed by atoms with Crippen LogP contribution in [-0.2, 0) is 26.3 Å². The maximum atomic E-state index is 14.2. The zero-order chi connectivity index (χ0) is 31.4. The van der Waals surface area contributed by atoms with Crippen LogP contribution in [0.4, 0.5) is 24.8 Å². The van der Waals surface area contributed by atoms with Crippen molar-refractivity contribution >= 4 is 17.5 Å². The summed E-state index contributed by atoms with van der Waals surface area (Å²) in [7, 11) is 1.77. The first-order valence-electron chi connectivity index (χ1n) is 13.9. The quantitative estimate of drug-likeness (QED) is 0.231. The Hall–Kier alpha value is -5.27. The second-order valence-electron chi connectivity index (χ2n) is 10.3. The van der Waals surface area contributed by atoms with E-state index in [-0.39, 0.29) is 43.0 Å². The van der Waals surface area contributed by atoms with Crippen molar-refractivity contribution in [2.24, 2.45) is 7.05 Å². The molecule has 1 aliphatic rings. The molecule has 0 fully saturated rings. The van der Waals surface area contributed by atoms with Gasteiger partial charge in [0.15, 0.2) is 5.82 Å². The van der Waals surface area contributed by atoms with Gasteiger partial charge in [-0.05, 0) is 77.7 Å². The van der Waals surface area contributed by atoms with Gasteiger partial charge in [0.1, 0.15) is 18.0 Å². The summed E-state index contributed by atoms with van der Waals surface area (Å²) in [5.74, 6) is 0.344. The molecule has 0 radical (unpaired) electrons. The van der Waals surface area contributed by atoms with E-state index in [1.807, 2.05) is 13.0 Å². The number of carbonyl (C=O) groups is 1. The van der Waals surface area contributed by atoms with Crippen LogP contribution >= 0.6 is 0 Å². The van der Waals surface area contributed by atoms with Gasteiger partial charge in [0.05, 0.1) is 36.2 Å². The van der Waals surface area contributed by atoms with E-state index in [2.05, 4.69) is 31.9 Å². The Morgan fingerprint density at radius 1 is 1.05 bits per heavy atom. The third kappa shape index (κ3) is 6.09. The Labute approximate surface area is 251 Å². The molecule has 0 saturated carbocycles. The number of halogens is 3. The van der Waals surface area contributed by atoms with Gasteiger partial charge in [-0.15, -0.1) is 10.2 Å². The van der Waals surface area contributed by atoms with Crippen molar-refractivity contribution in [3.05, 3.63) is 76.6 Å². The predicted molar refractivity (Wildman–Crippen MR) is 157 cm³/mol. The van der Waals surface area contributed by atoms with Crippen molar-refractivity contribution in [1.29, 1.82) is 10.5 Å². The average molecular weight is 600 g/mol. The van der Waals surface area contributed by atoms with Crippen molar-refractivity contribution in [1.82, 2.24) is 25.1 Å². The summed E-state index contributed by atoms with van der Waals surface area (Å²) >= 11 is 0. The molecule has 0 aliphatic carbocycles. The predicted octanol–water partition coefficient (Wildman–Crippen LogP) is 5.42. The monoisotopic (exact) mass is 599 g/mol. The number of nitriles is 2. The first-order valence-corrected chi connectivity index (χ1v) is 13.9. The Kier molecular flexibility index (Phi) is 8.60. The van der Waals surface area contributed by atoms with Crippen LogP contribution < -0.4 is 15.5 Å². The smallest absolute Gasteiger partial charge is 0.369 e. The molecule has 0 spiro atoms. The number of aromatic nitrogens is 4. The van der Waals surface area contributed by atoms with Gasteiger partial charge in [0.25, 0.3) is 5.91 Å². The maximum absolute atomic E-state index is 14.2. The number of aryl methyl sites for hydroxylation is 1. The highest BCUT2D eigenvalue weighted by Gasteiger charge is 2.41. The molecule has 4 aromatic rings. The van der Waals surface area contributed by atoms with Gasteiger partial charge < -0.3 is 15.2 Å². The molecule has 0 unspecified atom stereocenters. The molecule has 2 aromatic heterocycles. The lowest BCUT2D eigenvalue weighted by atomic mass is 9.97. The summed E-state index contributed by atoms with van der Waals surface area (Å²) in [6.07, 6.45) is -2.14. The number of nitrogens with one attached hydrogen (secondary N) is 2. The van der Waals surface area contributed by atoms with Gasteiger partial charge in [-0.2, -0.15) is 23.7 Å². The molecular weight excluding hydrogens is 571 g/mol. The summed E-state index contributed by atoms with van der Waals surface area (Å²) < 4.78 is 44.4. The Balaban J connectivity index is 1.63. The van der Waals surface area contributed by atoms with Crippen LogP contribution in [0.15, 0.2) is 48.8 Å². The molecule has 2 N–H and O–H groups in total. The number of hydrogen-bond donors (Lipinski definition) is 2. The number of rotatable bonds is 10. The summed E-state index contributed by atoms with van der Waals surface area (Å²) in [4.78, 5) is 19.5. The van der Waals surface area contributed by atoms with Crippen LogP contribution in [0.5, 0.6) is 0 Å². The minimum atomic E-state index is -4.66. The van der Waals surface area contributed by atoms with Crippen LogP contribution in [0.2, 0.25) is 0 Å². The molecule has 13 heteroatoms. The van der Waals surface area contributed by atoms with Crippen molar-refractivity contribution in [3.8, 4) is 34.7 Å². The lowest BCUT2D eigenvalue weighted by Crippen LogP contribution is -2.24. The normalized spacial score (nSPS) is 12.6. The van der Waals surface area contributed by atoms with Crippen molar-refractivity contribution in [2.75, 3.05) is 23.3 Å². The number of anilines is 2. The molecule has 0 atom stereocenters. The number of hydrogen-bond acceptors (Lipinski definition) is 8. The van der Waals surface area contributed by atoms with Gasteiger partial charge in [0.2, 0.25) is 0 Å². The second-order valence-corrected chi connectivity index (χ2v) is 10.3. The molecule has 2 aromatic carbocycles. The highest BCUT2D eigenvalue weighted by Crippen LogP contribution is 2.41. The molecule has 5 rings (SSSR count). The van der Waals surface area contributed by atoms with E-state index >= 15 is 0 Å². The molecule has 44 heavy (non-hydrogen) atoms. The zero-order valence-electron chi connectivity index (χ0n) is 24.0. The summed E-state index contributed by atoms with van der Waals surface area (Å²) in [6, 6.07) is 15.1. The Bertz CT molecular complexity index is 1800. The minimum absolute atomic E-state index is 0.0226.